The predicted octanol–water partition coefficient (Wildman–Crippen LogP) is 2.33. The zero-order valence-corrected chi connectivity index (χ0v) is 10.5. The summed E-state index contributed by atoms with van der Waals surface area (Å²) >= 11 is 0. The first kappa shape index (κ1) is 14.1. The van der Waals surface area contributed by atoms with Crippen LogP contribution in [-0.4, -0.2) is 22.6 Å². The van der Waals surface area contributed by atoms with Crippen molar-refractivity contribution < 1.29 is 19.5 Å². The summed E-state index contributed by atoms with van der Waals surface area (Å²) in [5, 5.41) is 9.33. The lowest BCUT2D eigenvalue weighted by Crippen LogP contribution is -2.40. The predicted molar refractivity (Wildman–Crippen MR) is 66.4 cm³/mol. The van der Waals surface area contributed by atoms with Crippen molar-refractivity contribution in [3.63, 3.8) is 0 Å². The Morgan fingerprint density at radius 1 is 1.17 bits per heavy atom. The first-order valence-corrected chi connectivity index (χ1v) is 5.76. The molecule has 1 N–H and O–H groups in total. The molecule has 1 aromatic rings. The molecule has 0 aliphatic carbocycles. The van der Waals surface area contributed by atoms with Crippen molar-refractivity contribution in [2.24, 2.45) is 5.41 Å². The molecule has 96 valence electrons. The molecule has 0 aliphatic heterocycles. The van der Waals surface area contributed by atoms with Gasteiger partial charge in [-0.25, -0.2) is 0 Å². The number of carboxylic acid groups (broad SMARTS) is 1. The highest BCUT2D eigenvalue weighted by Crippen LogP contribution is 2.32. The second kappa shape index (κ2) is 5.58. The lowest BCUT2D eigenvalue weighted by molar-refractivity contribution is -0.148. The molecule has 0 saturated heterocycles. The summed E-state index contributed by atoms with van der Waals surface area (Å²) in [6, 6.07) is 8.22. The van der Waals surface area contributed by atoms with E-state index in [1.807, 2.05) is 0 Å². The maximum atomic E-state index is 12.3. The van der Waals surface area contributed by atoms with Crippen LogP contribution >= 0.6 is 0 Å². The molecule has 18 heavy (non-hydrogen) atoms. The molecule has 0 bridgehead atoms. The minimum Gasteiger partial charge on any atom is -0.480 e. The number of carbonyl (C=O) groups excluding carboxylic acids is 2. The lowest BCUT2D eigenvalue weighted by Gasteiger charge is -2.25. The van der Waals surface area contributed by atoms with E-state index in [1.165, 1.54) is 6.92 Å². The van der Waals surface area contributed by atoms with E-state index in [4.69, 9.17) is 0 Å². The highest BCUT2D eigenvalue weighted by atomic mass is 16.4. The number of hydrogen-bond acceptors (Lipinski definition) is 3. The van der Waals surface area contributed by atoms with E-state index in [-0.39, 0.29) is 18.6 Å². The fourth-order valence-electron chi connectivity index (χ4n) is 1.98. The van der Waals surface area contributed by atoms with Crippen molar-refractivity contribution in [1.82, 2.24) is 0 Å². The van der Waals surface area contributed by atoms with Gasteiger partial charge in [-0.2, -0.15) is 0 Å². The Morgan fingerprint density at radius 2 is 1.72 bits per heavy atom. The molecule has 4 nitrogen and oxygen atoms in total. The van der Waals surface area contributed by atoms with Crippen LogP contribution in [0.4, 0.5) is 0 Å². The van der Waals surface area contributed by atoms with Crippen LogP contribution in [0.15, 0.2) is 30.3 Å². The normalized spacial score (nSPS) is 13.7. The monoisotopic (exact) mass is 248 g/mol. The number of rotatable bonds is 6. The summed E-state index contributed by atoms with van der Waals surface area (Å²) in [6.07, 6.45) is -0.178. The van der Waals surface area contributed by atoms with Gasteiger partial charge in [0.2, 0.25) is 0 Å². The number of Topliss-reactive ketones (excluding diaryl/α,β-unsaturated/α-hetero) is 2. The molecule has 1 rings (SSSR count). The summed E-state index contributed by atoms with van der Waals surface area (Å²) < 4.78 is 0. The molecule has 4 heteroatoms. The molecule has 0 aliphatic rings. The number of hydrogen-bond donors (Lipinski definition) is 1. The van der Waals surface area contributed by atoms with Crippen LogP contribution in [0.25, 0.3) is 0 Å². The Labute approximate surface area is 106 Å². The summed E-state index contributed by atoms with van der Waals surface area (Å²) in [4.78, 5) is 35.0. The molecule has 1 aromatic carbocycles. The fourth-order valence-corrected chi connectivity index (χ4v) is 1.98. The molecule has 1 atom stereocenters. The zero-order valence-electron chi connectivity index (χ0n) is 10.5. The molecule has 0 saturated carbocycles. The summed E-state index contributed by atoms with van der Waals surface area (Å²) in [6.45, 7) is 2.91. The third-order valence-corrected chi connectivity index (χ3v) is 3.03. The maximum Gasteiger partial charge on any atom is 0.318 e. The van der Waals surface area contributed by atoms with Gasteiger partial charge >= 0.3 is 5.97 Å². The van der Waals surface area contributed by atoms with E-state index < -0.39 is 17.2 Å². The van der Waals surface area contributed by atoms with Crippen LogP contribution in [0.3, 0.4) is 0 Å². The van der Waals surface area contributed by atoms with E-state index in [0.717, 1.165) is 0 Å². The van der Waals surface area contributed by atoms with Gasteiger partial charge < -0.3 is 5.11 Å². The van der Waals surface area contributed by atoms with Gasteiger partial charge in [0.25, 0.3) is 0 Å². The smallest absolute Gasteiger partial charge is 0.318 e. The van der Waals surface area contributed by atoms with Gasteiger partial charge in [-0.05, 0) is 13.3 Å². The molecule has 0 radical (unpaired) electrons. The van der Waals surface area contributed by atoms with Gasteiger partial charge in [0.1, 0.15) is 11.2 Å². The quantitative estimate of drug-likeness (QED) is 0.619. The van der Waals surface area contributed by atoms with Gasteiger partial charge in [0, 0.05) is 12.0 Å². The first-order valence-electron chi connectivity index (χ1n) is 5.76. The molecule has 0 spiro atoms. The highest BCUT2D eigenvalue weighted by molar-refractivity contribution is 6.13. The third-order valence-electron chi connectivity index (χ3n) is 3.03. The highest BCUT2D eigenvalue weighted by Gasteiger charge is 2.45. The average molecular weight is 248 g/mol. The minimum atomic E-state index is -1.65. The Kier molecular flexibility index (Phi) is 4.37. The van der Waals surface area contributed by atoms with E-state index in [1.54, 1.807) is 37.3 Å². The number of carbonyl (C=O) groups is 3. The first-order chi connectivity index (χ1) is 8.44. The van der Waals surface area contributed by atoms with Crippen molar-refractivity contribution in [2.45, 2.75) is 26.7 Å². The maximum absolute atomic E-state index is 12.3. The third kappa shape index (κ3) is 2.64. The van der Waals surface area contributed by atoms with Gasteiger partial charge in [0.15, 0.2) is 5.78 Å². The van der Waals surface area contributed by atoms with Crippen LogP contribution < -0.4 is 0 Å². The average Bonchev–Trinajstić information content (AvgIpc) is 2.35. The lowest BCUT2D eigenvalue weighted by atomic mass is 9.74. The molecule has 0 aromatic heterocycles. The number of benzene rings is 1. The number of carboxylic acids is 1. The number of ketones is 2. The van der Waals surface area contributed by atoms with Crippen LogP contribution in [0.1, 0.15) is 37.0 Å². The van der Waals surface area contributed by atoms with Gasteiger partial charge in [-0.3, -0.25) is 14.4 Å². The minimum absolute atomic E-state index is 0.0929. The van der Waals surface area contributed by atoms with E-state index in [9.17, 15) is 19.5 Å². The Morgan fingerprint density at radius 3 is 2.11 bits per heavy atom. The fraction of sp³-hybridized carbons (Fsp3) is 0.357. The summed E-state index contributed by atoms with van der Waals surface area (Å²) in [7, 11) is 0. The van der Waals surface area contributed by atoms with Crippen molar-refractivity contribution in [3.05, 3.63) is 35.9 Å². The Hall–Kier alpha value is -1.97. The van der Waals surface area contributed by atoms with E-state index in [2.05, 4.69) is 0 Å². The van der Waals surface area contributed by atoms with Gasteiger partial charge in [-0.1, -0.05) is 37.3 Å². The van der Waals surface area contributed by atoms with Crippen LogP contribution in [0, 0.1) is 5.41 Å². The SMILES string of the molecule is CCC(CC(C)=O)(C(=O)O)C(=O)c1ccccc1. The Balaban J connectivity index is 3.22. The van der Waals surface area contributed by atoms with Gasteiger partial charge in [-0.15, -0.1) is 0 Å². The summed E-state index contributed by atoms with van der Waals surface area (Å²) in [5.74, 6) is -2.05. The molecular formula is C14H16O4. The topological polar surface area (TPSA) is 71.4 Å². The second-order valence-corrected chi connectivity index (χ2v) is 4.31. The van der Waals surface area contributed by atoms with Crippen LogP contribution in [0.5, 0.6) is 0 Å². The molecule has 0 amide bonds. The van der Waals surface area contributed by atoms with E-state index in [0.29, 0.717) is 5.56 Å². The second-order valence-electron chi connectivity index (χ2n) is 4.31. The van der Waals surface area contributed by atoms with E-state index >= 15 is 0 Å². The molecule has 0 fully saturated rings. The number of aliphatic carboxylic acids is 1. The zero-order chi connectivity index (χ0) is 13.8. The van der Waals surface area contributed by atoms with Crippen molar-refractivity contribution in [2.75, 3.05) is 0 Å². The van der Waals surface area contributed by atoms with Crippen molar-refractivity contribution in [3.8, 4) is 0 Å². The molecule has 0 heterocycles. The Bertz CT molecular complexity index is 464. The molecule has 1 unspecified atom stereocenters. The largest absolute Gasteiger partial charge is 0.480 e. The summed E-state index contributed by atoms with van der Waals surface area (Å²) in [5.41, 5.74) is -1.32. The van der Waals surface area contributed by atoms with Gasteiger partial charge in [0.05, 0.1) is 0 Å². The van der Waals surface area contributed by atoms with Crippen LogP contribution in [-0.2, 0) is 9.59 Å². The molecular weight excluding hydrogens is 232 g/mol. The van der Waals surface area contributed by atoms with Crippen LogP contribution in [0.2, 0.25) is 0 Å². The van der Waals surface area contributed by atoms with Crippen molar-refractivity contribution >= 4 is 17.5 Å². The van der Waals surface area contributed by atoms with Crippen molar-refractivity contribution in [1.29, 1.82) is 0 Å². The standard InChI is InChI=1S/C14H16O4/c1-3-14(13(17)18,9-10(2)15)12(16)11-7-5-4-6-8-11/h4-8H,3,9H2,1-2H3,(H,17,18).